The molecule has 0 fully saturated rings. The molecule has 140 valence electrons. The molecule has 0 aromatic heterocycles. The first-order chi connectivity index (χ1) is 12.6. The molecule has 1 aliphatic rings. The summed E-state index contributed by atoms with van der Waals surface area (Å²) in [6.45, 7) is 10.6. The van der Waals surface area contributed by atoms with Gasteiger partial charge < -0.3 is 19.5 Å². The van der Waals surface area contributed by atoms with Gasteiger partial charge in [-0.15, -0.1) is 0 Å². The fourth-order valence-corrected chi connectivity index (χ4v) is 3.85. The Labute approximate surface area is 156 Å². The average Bonchev–Trinajstić information content (AvgIpc) is 2.64. The summed E-state index contributed by atoms with van der Waals surface area (Å²) in [5.41, 5.74) is 6.46. The number of hydrogen-bond acceptors (Lipinski definition) is 3. The van der Waals surface area contributed by atoms with E-state index in [1.165, 1.54) is 27.8 Å². The van der Waals surface area contributed by atoms with E-state index in [0.717, 1.165) is 30.2 Å². The number of ether oxygens (including phenoxy) is 3. The second kappa shape index (κ2) is 8.00. The van der Waals surface area contributed by atoms with Crippen molar-refractivity contribution in [1.29, 1.82) is 0 Å². The van der Waals surface area contributed by atoms with Crippen LogP contribution in [0.4, 0.5) is 0 Å². The van der Waals surface area contributed by atoms with Crippen LogP contribution >= 0.6 is 0 Å². The molecular weight excluding hydrogens is 326 g/mol. The molecule has 1 atom stereocenters. The van der Waals surface area contributed by atoms with Crippen LogP contribution in [0.1, 0.15) is 47.7 Å². The second-order valence-corrected chi connectivity index (χ2v) is 6.79. The van der Waals surface area contributed by atoms with Gasteiger partial charge in [0, 0.05) is 17.5 Å². The molecular formula is C22H30NO3+. The summed E-state index contributed by atoms with van der Waals surface area (Å²) in [6, 6.07) is 9.04. The molecule has 1 heterocycles. The van der Waals surface area contributed by atoms with Gasteiger partial charge in [0.15, 0.2) is 11.5 Å². The number of hydrogen-bond donors (Lipinski definition) is 1. The number of quaternary nitrogens is 1. The van der Waals surface area contributed by atoms with E-state index in [0.29, 0.717) is 13.2 Å². The van der Waals surface area contributed by atoms with Crippen molar-refractivity contribution in [1.82, 2.24) is 0 Å². The highest BCUT2D eigenvalue weighted by molar-refractivity contribution is 5.52. The van der Waals surface area contributed by atoms with Gasteiger partial charge in [-0.3, -0.25) is 0 Å². The maximum absolute atomic E-state index is 5.87. The summed E-state index contributed by atoms with van der Waals surface area (Å²) in [5, 5.41) is 2.42. The maximum atomic E-state index is 5.87. The average molecular weight is 356 g/mol. The molecule has 2 aromatic carbocycles. The van der Waals surface area contributed by atoms with Gasteiger partial charge in [-0.25, -0.2) is 0 Å². The van der Waals surface area contributed by atoms with Crippen molar-refractivity contribution in [3.63, 3.8) is 0 Å². The molecule has 0 saturated carbocycles. The van der Waals surface area contributed by atoms with Crippen LogP contribution < -0.4 is 19.5 Å². The van der Waals surface area contributed by atoms with Gasteiger partial charge in [-0.2, -0.15) is 0 Å². The first kappa shape index (κ1) is 18.6. The molecule has 0 unspecified atom stereocenters. The lowest BCUT2D eigenvalue weighted by atomic mass is 9.86. The van der Waals surface area contributed by atoms with Gasteiger partial charge in [0.2, 0.25) is 0 Å². The van der Waals surface area contributed by atoms with Gasteiger partial charge >= 0.3 is 0 Å². The predicted molar refractivity (Wildman–Crippen MR) is 104 cm³/mol. The smallest absolute Gasteiger partial charge is 0.161 e. The first-order valence-electron chi connectivity index (χ1n) is 9.49. The van der Waals surface area contributed by atoms with Crippen molar-refractivity contribution < 1.29 is 19.5 Å². The van der Waals surface area contributed by atoms with E-state index < -0.39 is 0 Å². The number of fused-ring (bicyclic) bond motifs is 1. The zero-order valence-corrected chi connectivity index (χ0v) is 16.5. The van der Waals surface area contributed by atoms with E-state index in [4.69, 9.17) is 14.2 Å². The predicted octanol–water partition coefficient (Wildman–Crippen LogP) is 3.32. The standard InChI is InChI=1S/C22H29NO3/c1-6-25-20-12-16-8-9-23-22(18(16)13-21(20)26-7-2)17-10-15(4)19(24-5)11-14(17)3/h10-13,22-23H,6-9H2,1-5H3/p+1/t22-/m1/s1. The molecule has 1 aliphatic heterocycles. The minimum absolute atomic E-state index is 0.276. The van der Waals surface area contributed by atoms with E-state index in [2.05, 4.69) is 43.4 Å². The minimum atomic E-state index is 0.276. The van der Waals surface area contributed by atoms with Crippen LogP contribution in [0, 0.1) is 13.8 Å². The van der Waals surface area contributed by atoms with Crippen LogP contribution in [-0.2, 0) is 6.42 Å². The summed E-state index contributed by atoms with van der Waals surface area (Å²) in [7, 11) is 1.73. The number of benzene rings is 2. The number of nitrogens with two attached hydrogens (primary N) is 1. The highest BCUT2D eigenvalue weighted by atomic mass is 16.5. The zero-order chi connectivity index (χ0) is 18.7. The molecule has 4 nitrogen and oxygen atoms in total. The van der Waals surface area contributed by atoms with Gasteiger partial charge in [0.25, 0.3) is 0 Å². The van der Waals surface area contributed by atoms with Gasteiger partial charge in [0.05, 0.1) is 26.9 Å². The molecule has 0 spiro atoms. The van der Waals surface area contributed by atoms with Gasteiger partial charge in [0.1, 0.15) is 11.8 Å². The van der Waals surface area contributed by atoms with Crippen molar-refractivity contribution in [3.8, 4) is 17.2 Å². The molecule has 0 bridgehead atoms. The SMILES string of the molecule is CCOc1cc2c(cc1OCC)[C@@H](c1cc(C)c(OC)cc1C)[NH2+]CC2. The van der Waals surface area contributed by atoms with E-state index in [-0.39, 0.29) is 6.04 Å². The van der Waals surface area contributed by atoms with Crippen molar-refractivity contribution >= 4 is 0 Å². The van der Waals surface area contributed by atoms with E-state index in [1.807, 2.05) is 13.8 Å². The number of rotatable bonds is 6. The summed E-state index contributed by atoms with van der Waals surface area (Å²) in [4.78, 5) is 0. The Morgan fingerprint density at radius 2 is 1.58 bits per heavy atom. The Morgan fingerprint density at radius 1 is 0.885 bits per heavy atom. The summed E-state index contributed by atoms with van der Waals surface area (Å²) < 4.78 is 17.2. The zero-order valence-electron chi connectivity index (χ0n) is 16.5. The molecule has 0 aliphatic carbocycles. The number of aryl methyl sites for hydroxylation is 2. The molecule has 2 N–H and O–H groups in total. The Balaban J connectivity index is 2.08. The van der Waals surface area contributed by atoms with E-state index >= 15 is 0 Å². The van der Waals surface area contributed by atoms with Crippen molar-refractivity contribution in [2.45, 2.75) is 40.2 Å². The molecule has 4 heteroatoms. The third-order valence-electron chi connectivity index (χ3n) is 5.07. The van der Waals surface area contributed by atoms with Crippen LogP contribution in [0.3, 0.4) is 0 Å². The normalized spacial score (nSPS) is 16.1. The lowest BCUT2D eigenvalue weighted by Crippen LogP contribution is -2.87. The molecule has 3 rings (SSSR count). The molecule has 0 saturated heterocycles. The van der Waals surface area contributed by atoms with Gasteiger partial charge in [-0.1, -0.05) is 0 Å². The second-order valence-electron chi connectivity index (χ2n) is 6.79. The Hall–Kier alpha value is -2.20. The Kier molecular flexibility index (Phi) is 5.72. The Morgan fingerprint density at radius 3 is 2.23 bits per heavy atom. The van der Waals surface area contributed by atoms with Crippen LogP contribution in [-0.4, -0.2) is 26.9 Å². The maximum Gasteiger partial charge on any atom is 0.161 e. The molecule has 2 aromatic rings. The highest BCUT2D eigenvalue weighted by Crippen LogP contribution is 2.37. The van der Waals surface area contributed by atoms with Crippen molar-refractivity contribution in [3.05, 3.63) is 52.1 Å². The first-order valence-corrected chi connectivity index (χ1v) is 9.49. The molecule has 0 radical (unpaired) electrons. The topological polar surface area (TPSA) is 44.3 Å². The fourth-order valence-electron chi connectivity index (χ4n) is 3.85. The summed E-state index contributed by atoms with van der Waals surface area (Å²) >= 11 is 0. The molecule has 0 amide bonds. The van der Waals surface area contributed by atoms with Crippen LogP contribution in [0.15, 0.2) is 24.3 Å². The van der Waals surface area contributed by atoms with E-state index in [1.54, 1.807) is 7.11 Å². The van der Waals surface area contributed by atoms with Crippen molar-refractivity contribution in [2.75, 3.05) is 26.9 Å². The molecule has 26 heavy (non-hydrogen) atoms. The lowest BCUT2D eigenvalue weighted by molar-refractivity contribution is -0.690. The lowest BCUT2D eigenvalue weighted by Gasteiger charge is -2.27. The van der Waals surface area contributed by atoms with E-state index in [9.17, 15) is 0 Å². The summed E-state index contributed by atoms with van der Waals surface area (Å²) in [6.07, 6.45) is 1.05. The number of methoxy groups -OCH3 is 1. The third kappa shape index (κ3) is 3.51. The van der Waals surface area contributed by atoms with Gasteiger partial charge in [-0.05, 0) is 68.7 Å². The third-order valence-corrected chi connectivity index (χ3v) is 5.07. The monoisotopic (exact) mass is 356 g/mol. The van der Waals surface area contributed by atoms with Crippen LogP contribution in [0.25, 0.3) is 0 Å². The quantitative estimate of drug-likeness (QED) is 0.863. The fraction of sp³-hybridized carbons (Fsp3) is 0.455. The van der Waals surface area contributed by atoms with Crippen molar-refractivity contribution in [2.24, 2.45) is 0 Å². The van der Waals surface area contributed by atoms with Crippen LogP contribution in [0.2, 0.25) is 0 Å². The Bertz CT molecular complexity index is 785. The summed E-state index contributed by atoms with van der Waals surface area (Å²) in [5.74, 6) is 2.65. The highest BCUT2D eigenvalue weighted by Gasteiger charge is 2.29. The minimum Gasteiger partial charge on any atom is -0.496 e. The van der Waals surface area contributed by atoms with Crippen LogP contribution in [0.5, 0.6) is 17.2 Å². The largest absolute Gasteiger partial charge is 0.496 e.